The summed E-state index contributed by atoms with van der Waals surface area (Å²) in [4.78, 5) is 34.5. The Morgan fingerprint density at radius 3 is 2.42 bits per heavy atom. The second-order valence-corrected chi connectivity index (χ2v) is 5.81. The molecule has 0 unspecified atom stereocenters. The minimum Gasteiger partial charge on any atom is -0.451 e. The maximum Gasteiger partial charge on any atom is 0.374 e. The Kier molecular flexibility index (Phi) is 6.31. The van der Waals surface area contributed by atoms with Crippen LogP contribution in [0.2, 0.25) is 0 Å². The van der Waals surface area contributed by atoms with Gasteiger partial charge in [0.2, 0.25) is 11.7 Å². The molecule has 0 atom stereocenters. The van der Waals surface area contributed by atoms with Crippen LogP contribution in [-0.4, -0.2) is 30.8 Å². The number of Topliss-reactive ketones (excluding diaryl/α,β-unsaturated/α-hetero) is 1. The molecule has 0 aliphatic carbocycles. The monoisotopic (exact) mass is 393 g/mol. The number of nitrogens with one attached hydrogen (secondary N) is 1. The van der Waals surface area contributed by atoms with E-state index in [0.29, 0.717) is 23.2 Å². The van der Waals surface area contributed by atoms with Crippen LogP contribution in [-0.2, 0) is 16.0 Å². The van der Waals surface area contributed by atoms with Gasteiger partial charge in [-0.3, -0.25) is 9.59 Å². The molecule has 0 radical (unpaired) electrons. The standard InChI is InChI=1S/C17H16BrNO5/c1-11(20)19-9-8-12-2-4-13(5-3-12)14(21)10-23-17(22)15-6-7-16(18)24-15/h2-7H,8-10H2,1H3,(H,19,20). The Labute approximate surface area is 147 Å². The quantitative estimate of drug-likeness (QED) is 0.577. The number of hydrogen-bond donors (Lipinski definition) is 1. The Balaban J connectivity index is 1.83. The number of rotatable bonds is 7. The van der Waals surface area contributed by atoms with Crippen molar-refractivity contribution in [2.45, 2.75) is 13.3 Å². The van der Waals surface area contributed by atoms with Crippen LogP contribution < -0.4 is 5.32 Å². The van der Waals surface area contributed by atoms with E-state index < -0.39 is 5.97 Å². The third-order valence-electron chi connectivity index (χ3n) is 3.17. The maximum absolute atomic E-state index is 12.0. The third kappa shape index (κ3) is 5.34. The van der Waals surface area contributed by atoms with Crippen LogP contribution >= 0.6 is 15.9 Å². The van der Waals surface area contributed by atoms with E-state index in [0.717, 1.165) is 5.56 Å². The Morgan fingerprint density at radius 2 is 1.83 bits per heavy atom. The molecule has 0 aliphatic heterocycles. The summed E-state index contributed by atoms with van der Waals surface area (Å²) in [5, 5.41) is 2.71. The SMILES string of the molecule is CC(=O)NCCc1ccc(C(=O)COC(=O)c2ccc(Br)o2)cc1. The van der Waals surface area contributed by atoms with Crippen LogP contribution in [0.1, 0.15) is 33.4 Å². The van der Waals surface area contributed by atoms with E-state index in [1.807, 2.05) is 0 Å². The first kappa shape index (κ1) is 17.9. The average molecular weight is 394 g/mol. The predicted molar refractivity (Wildman–Crippen MR) is 89.9 cm³/mol. The Morgan fingerprint density at radius 1 is 1.12 bits per heavy atom. The Hall–Kier alpha value is -2.41. The van der Waals surface area contributed by atoms with Crippen LogP contribution in [0.3, 0.4) is 0 Å². The molecular weight excluding hydrogens is 378 g/mol. The number of ketones is 1. The van der Waals surface area contributed by atoms with Gasteiger partial charge in [-0.25, -0.2) is 4.79 Å². The number of hydrogen-bond acceptors (Lipinski definition) is 5. The summed E-state index contributed by atoms with van der Waals surface area (Å²) in [7, 11) is 0. The molecule has 1 aromatic heterocycles. The highest BCUT2D eigenvalue weighted by Crippen LogP contribution is 2.15. The van der Waals surface area contributed by atoms with Crippen molar-refractivity contribution in [3.8, 4) is 0 Å². The van der Waals surface area contributed by atoms with Crippen LogP contribution in [0.15, 0.2) is 45.5 Å². The summed E-state index contributed by atoms with van der Waals surface area (Å²) in [6, 6.07) is 9.98. The van der Waals surface area contributed by atoms with Crippen molar-refractivity contribution in [1.82, 2.24) is 5.32 Å². The van der Waals surface area contributed by atoms with Crippen LogP contribution in [0.25, 0.3) is 0 Å². The van der Waals surface area contributed by atoms with Crippen LogP contribution in [0.4, 0.5) is 0 Å². The van der Waals surface area contributed by atoms with Crippen molar-refractivity contribution >= 4 is 33.6 Å². The lowest BCUT2D eigenvalue weighted by Crippen LogP contribution is -2.22. The minimum atomic E-state index is -0.694. The number of benzene rings is 1. The number of amides is 1. The molecule has 2 rings (SSSR count). The molecule has 7 heteroatoms. The molecule has 0 fully saturated rings. The largest absolute Gasteiger partial charge is 0.451 e. The van der Waals surface area contributed by atoms with Crippen molar-refractivity contribution in [3.63, 3.8) is 0 Å². The van der Waals surface area contributed by atoms with Crippen molar-refractivity contribution in [2.24, 2.45) is 0 Å². The van der Waals surface area contributed by atoms with Gasteiger partial charge in [-0.15, -0.1) is 0 Å². The van der Waals surface area contributed by atoms with Crippen molar-refractivity contribution in [3.05, 3.63) is 58.0 Å². The lowest BCUT2D eigenvalue weighted by atomic mass is 10.1. The fourth-order valence-corrected chi connectivity index (χ4v) is 2.26. The molecule has 1 N–H and O–H groups in total. The lowest BCUT2D eigenvalue weighted by molar-refractivity contribution is -0.118. The van der Waals surface area contributed by atoms with Gasteiger partial charge in [0.15, 0.2) is 17.1 Å². The zero-order valence-electron chi connectivity index (χ0n) is 13.0. The van der Waals surface area contributed by atoms with Gasteiger partial charge in [0.1, 0.15) is 0 Å². The molecule has 0 bridgehead atoms. The number of furan rings is 1. The fourth-order valence-electron chi connectivity index (χ4n) is 1.95. The molecule has 1 heterocycles. The average Bonchev–Trinajstić information content (AvgIpc) is 2.99. The third-order valence-corrected chi connectivity index (χ3v) is 3.60. The molecular formula is C17H16BrNO5. The number of ether oxygens (including phenoxy) is 1. The van der Waals surface area contributed by atoms with Gasteiger partial charge in [0, 0.05) is 19.0 Å². The minimum absolute atomic E-state index is 0.0306. The smallest absolute Gasteiger partial charge is 0.374 e. The fraction of sp³-hybridized carbons (Fsp3) is 0.235. The van der Waals surface area contributed by atoms with Gasteiger partial charge >= 0.3 is 5.97 Å². The van der Waals surface area contributed by atoms with Gasteiger partial charge in [0.25, 0.3) is 0 Å². The molecule has 126 valence electrons. The van der Waals surface area contributed by atoms with E-state index in [2.05, 4.69) is 21.2 Å². The summed E-state index contributed by atoms with van der Waals surface area (Å²) >= 11 is 3.09. The molecule has 0 saturated carbocycles. The highest BCUT2D eigenvalue weighted by Gasteiger charge is 2.15. The number of carbonyl (C=O) groups excluding carboxylic acids is 3. The van der Waals surface area contributed by atoms with Gasteiger partial charge in [0.05, 0.1) is 0 Å². The molecule has 1 amide bonds. The summed E-state index contributed by atoms with van der Waals surface area (Å²) in [5.74, 6) is -1.04. The second kappa shape index (κ2) is 8.44. The molecule has 0 aliphatic rings. The van der Waals surface area contributed by atoms with Gasteiger partial charge in [-0.1, -0.05) is 24.3 Å². The zero-order chi connectivity index (χ0) is 17.5. The Bertz CT molecular complexity index is 736. The molecule has 24 heavy (non-hydrogen) atoms. The summed E-state index contributed by atoms with van der Waals surface area (Å²) < 4.78 is 10.4. The van der Waals surface area contributed by atoms with E-state index in [1.165, 1.54) is 13.0 Å². The topological polar surface area (TPSA) is 85.6 Å². The maximum atomic E-state index is 12.0. The van der Waals surface area contributed by atoms with E-state index in [4.69, 9.17) is 9.15 Å². The van der Waals surface area contributed by atoms with Gasteiger partial charge in [-0.05, 0) is 40.0 Å². The highest BCUT2D eigenvalue weighted by molar-refractivity contribution is 9.10. The number of halogens is 1. The lowest BCUT2D eigenvalue weighted by Gasteiger charge is -2.05. The molecule has 0 spiro atoms. The second-order valence-electron chi connectivity index (χ2n) is 5.03. The highest BCUT2D eigenvalue weighted by atomic mass is 79.9. The molecule has 0 saturated heterocycles. The summed E-state index contributed by atoms with van der Waals surface area (Å²) in [6.07, 6.45) is 0.677. The number of esters is 1. The van der Waals surface area contributed by atoms with Crippen molar-refractivity contribution in [1.29, 1.82) is 0 Å². The van der Waals surface area contributed by atoms with Crippen LogP contribution in [0.5, 0.6) is 0 Å². The van der Waals surface area contributed by atoms with E-state index in [9.17, 15) is 14.4 Å². The van der Waals surface area contributed by atoms with Crippen LogP contribution in [0, 0.1) is 0 Å². The summed E-state index contributed by atoms with van der Waals surface area (Å²) in [5.41, 5.74) is 1.45. The molecule has 6 nitrogen and oxygen atoms in total. The number of carbonyl (C=O) groups is 3. The van der Waals surface area contributed by atoms with Gasteiger partial charge in [-0.2, -0.15) is 0 Å². The first-order valence-electron chi connectivity index (χ1n) is 7.25. The predicted octanol–water partition coefficient (Wildman–Crippen LogP) is 2.76. The first-order chi connectivity index (χ1) is 11.5. The summed E-state index contributed by atoms with van der Waals surface area (Å²) in [6.45, 7) is 1.64. The zero-order valence-corrected chi connectivity index (χ0v) is 14.6. The van der Waals surface area contributed by atoms with E-state index in [-0.39, 0.29) is 24.1 Å². The normalized spacial score (nSPS) is 10.2. The van der Waals surface area contributed by atoms with Gasteiger partial charge < -0.3 is 14.5 Å². The first-order valence-corrected chi connectivity index (χ1v) is 8.04. The van der Waals surface area contributed by atoms with Crippen molar-refractivity contribution in [2.75, 3.05) is 13.2 Å². The molecule has 2 aromatic rings. The molecule has 1 aromatic carbocycles. The van der Waals surface area contributed by atoms with E-state index in [1.54, 1.807) is 30.3 Å². The van der Waals surface area contributed by atoms with E-state index >= 15 is 0 Å². The van der Waals surface area contributed by atoms with Crippen molar-refractivity contribution < 1.29 is 23.5 Å².